The molecule has 0 fully saturated rings. The zero-order valence-corrected chi connectivity index (χ0v) is 43.1. The van der Waals surface area contributed by atoms with E-state index in [4.69, 9.17) is 28.7 Å². The summed E-state index contributed by atoms with van der Waals surface area (Å²) in [6.45, 7) is 4.77. The van der Waals surface area contributed by atoms with E-state index >= 15 is 0 Å². The van der Waals surface area contributed by atoms with Crippen LogP contribution < -0.4 is 55.3 Å². The number of carbonyl (C=O) groups is 6. The van der Waals surface area contributed by atoms with Crippen LogP contribution in [0.5, 0.6) is 0 Å². The first-order valence-electron chi connectivity index (χ1n) is 27.6. The molecule has 0 radical (unpaired) electrons. The second-order valence-electron chi connectivity index (χ2n) is 19.1. The van der Waals surface area contributed by atoms with Crippen molar-refractivity contribution in [3.05, 3.63) is 0 Å². The molecule has 0 aromatic rings. The molecule has 0 aliphatic rings. The standard InChI is InChI=1S/C52H104N10O6/c1-2-3-4-5-6-7-8-9-10-12-15-18-22-37-48(64)60-46(35-26-30-41-56)52(68)62-44(33-24-28-39-54)50(66)58-42-31-20-17-14-11-13-16-19-21-36-47(63)59-45(34-25-29-40-55)51(67)61-43(49(57)65)32-23-27-38-53/h43-46H,2-42,53-56H2,1H3,(H2,57,65)(H,58,66)(H,59,63)(H,60,64)(H,61,67)(H,62,68). The highest BCUT2D eigenvalue weighted by Gasteiger charge is 2.27. The van der Waals surface area contributed by atoms with Crippen molar-refractivity contribution in [2.75, 3.05) is 32.7 Å². The third-order valence-corrected chi connectivity index (χ3v) is 12.8. The van der Waals surface area contributed by atoms with Gasteiger partial charge in [0.2, 0.25) is 35.4 Å². The van der Waals surface area contributed by atoms with E-state index in [1.165, 1.54) is 64.2 Å². The largest absolute Gasteiger partial charge is 0.368 e. The quantitative estimate of drug-likeness (QED) is 0.0298. The van der Waals surface area contributed by atoms with Gasteiger partial charge in [0, 0.05) is 19.4 Å². The average molecular weight is 965 g/mol. The molecule has 0 rings (SSSR count). The highest BCUT2D eigenvalue weighted by Crippen LogP contribution is 2.15. The molecule has 0 saturated heterocycles. The van der Waals surface area contributed by atoms with Crippen LogP contribution in [-0.4, -0.2) is 92.3 Å². The molecular formula is C52H104N10O6. The zero-order chi connectivity index (χ0) is 50.3. The molecule has 68 heavy (non-hydrogen) atoms. The van der Waals surface area contributed by atoms with Crippen molar-refractivity contribution < 1.29 is 28.8 Å². The second kappa shape index (κ2) is 47.3. The average Bonchev–Trinajstić information content (AvgIpc) is 3.32. The van der Waals surface area contributed by atoms with Gasteiger partial charge in [0.1, 0.15) is 24.2 Å². The molecule has 0 aromatic carbocycles. The normalized spacial score (nSPS) is 13.0. The first kappa shape index (κ1) is 64.7. The summed E-state index contributed by atoms with van der Waals surface area (Å²) in [6.07, 6.45) is 33.0. The summed E-state index contributed by atoms with van der Waals surface area (Å²) in [5.41, 5.74) is 28.2. The SMILES string of the molecule is CCCCCCCCCCCCCCCC(=O)NC(CCCCN)C(=O)NC(CCCCN)C(=O)NCCCCCCCCCCCC(=O)NC(CCCCN)C(=O)NC(CCCCN)C(N)=O. The maximum absolute atomic E-state index is 13.6. The molecule has 0 aliphatic heterocycles. The third kappa shape index (κ3) is 38.5. The van der Waals surface area contributed by atoms with Gasteiger partial charge in [0.05, 0.1) is 0 Å². The Bertz CT molecular complexity index is 1280. The lowest BCUT2D eigenvalue weighted by Crippen LogP contribution is -2.53. The highest BCUT2D eigenvalue weighted by atomic mass is 16.2. The van der Waals surface area contributed by atoms with E-state index in [1.54, 1.807) is 0 Å². The maximum atomic E-state index is 13.6. The topological polar surface area (TPSA) is 293 Å². The van der Waals surface area contributed by atoms with Crippen LogP contribution in [0.25, 0.3) is 0 Å². The van der Waals surface area contributed by atoms with Gasteiger partial charge in [-0.2, -0.15) is 0 Å². The fourth-order valence-corrected chi connectivity index (χ4v) is 8.43. The Hall–Kier alpha value is -3.34. The number of hydrogen-bond donors (Lipinski definition) is 10. The van der Waals surface area contributed by atoms with Gasteiger partial charge in [0.25, 0.3) is 0 Å². The predicted molar refractivity (Wildman–Crippen MR) is 278 cm³/mol. The van der Waals surface area contributed by atoms with Gasteiger partial charge in [-0.15, -0.1) is 0 Å². The molecule has 0 aromatic heterocycles. The van der Waals surface area contributed by atoms with E-state index in [9.17, 15) is 28.8 Å². The molecule has 16 heteroatoms. The third-order valence-electron chi connectivity index (χ3n) is 12.8. The Kier molecular flexibility index (Phi) is 45.0. The summed E-state index contributed by atoms with van der Waals surface area (Å²) in [5, 5.41) is 14.5. The minimum atomic E-state index is -0.804. The highest BCUT2D eigenvalue weighted by molar-refractivity contribution is 5.92. The molecule has 0 saturated carbocycles. The van der Waals surface area contributed by atoms with Gasteiger partial charge in [-0.25, -0.2) is 0 Å². The molecular weight excluding hydrogens is 861 g/mol. The summed E-state index contributed by atoms with van der Waals surface area (Å²) in [5.74, 6) is -1.86. The van der Waals surface area contributed by atoms with E-state index in [-0.39, 0.29) is 23.6 Å². The molecule has 4 atom stereocenters. The fourth-order valence-electron chi connectivity index (χ4n) is 8.43. The number of hydrogen-bond acceptors (Lipinski definition) is 10. The number of rotatable bonds is 50. The summed E-state index contributed by atoms with van der Waals surface area (Å²) in [7, 11) is 0. The lowest BCUT2D eigenvalue weighted by atomic mass is 10.0. The van der Waals surface area contributed by atoms with Gasteiger partial charge in [-0.05, 0) is 122 Å². The van der Waals surface area contributed by atoms with Crippen LogP contribution in [0.3, 0.4) is 0 Å². The Morgan fingerprint density at radius 2 is 0.632 bits per heavy atom. The van der Waals surface area contributed by atoms with Crippen molar-refractivity contribution >= 4 is 35.4 Å². The number of primary amides is 1. The van der Waals surface area contributed by atoms with E-state index in [0.717, 1.165) is 103 Å². The molecule has 0 heterocycles. The number of nitrogens with two attached hydrogens (primary N) is 5. The maximum Gasteiger partial charge on any atom is 0.243 e. The minimum Gasteiger partial charge on any atom is -0.368 e. The van der Waals surface area contributed by atoms with Gasteiger partial charge in [-0.3, -0.25) is 28.8 Å². The lowest BCUT2D eigenvalue weighted by Gasteiger charge is -2.23. The van der Waals surface area contributed by atoms with Crippen LogP contribution in [0.2, 0.25) is 0 Å². The molecule has 0 bridgehead atoms. The fraction of sp³-hybridized carbons (Fsp3) is 0.885. The van der Waals surface area contributed by atoms with E-state index in [0.29, 0.717) is 96.9 Å². The monoisotopic (exact) mass is 965 g/mol. The lowest BCUT2D eigenvalue weighted by molar-refractivity contribution is -0.132. The van der Waals surface area contributed by atoms with Crippen LogP contribution in [0, 0.1) is 0 Å². The summed E-state index contributed by atoms with van der Waals surface area (Å²) >= 11 is 0. The first-order valence-corrected chi connectivity index (χ1v) is 27.6. The van der Waals surface area contributed by atoms with Gasteiger partial charge in [0.15, 0.2) is 0 Å². The molecule has 15 N–H and O–H groups in total. The Morgan fingerprint density at radius 1 is 0.338 bits per heavy atom. The van der Waals surface area contributed by atoms with Crippen molar-refractivity contribution in [3.8, 4) is 0 Å². The summed E-state index contributed by atoms with van der Waals surface area (Å²) < 4.78 is 0. The van der Waals surface area contributed by atoms with E-state index < -0.39 is 36.0 Å². The smallest absolute Gasteiger partial charge is 0.243 e. The Labute approximate surface area is 413 Å². The molecule has 6 amide bonds. The Morgan fingerprint density at radius 3 is 0.971 bits per heavy atom. The summed E-state index contributed by atoms with van der Waals surface area (Å²) in [4.78, 5) is 77.6. The number of unbranched alkanes of at least 4 members (excludes halogenated alkanes) is 24. The van der Waals surface area contributed by atoms with Crippen LogP contribution in [0.1, 0.15) is 238 Å². The van der Waals surface area contributed by atoms with Crippen LogP contribution in [0.15, 0.2) is 0 Å². The van der Waals surface area contributed by atoms with Crippen molar-refractivity contribution in [1.29, 1.82) is 0 Å². The van der Waals surface area contributed by atoms with Crippen LogP contribution in [0.4, 0.5) is 0 Å². The number of carbonyl (C=O) groups excluding carboxylic acids is 6. The van der Waals surface area contributed by atoms with Gasteiger partial charge < -0.3 is 55.3 Å². The minimum absolute atomic E-state index is 0.124. The molecule has 4 unspecified atom stereocenters. The van der Waals surface area contributed by atoms with Crippen molar-refractivity contribution in [1.82, 2.24) is 26.6 Å². The van der Waals surface area contributed by atoms with Crippen molar-refractivity contribution in [3.63, 3.8) is 0 Å². The molecule has 16 nitrogen and oxygen atoms in total. The number of nitrogens with one attached hydrogen (secondary N) is 5. The van der Waals surface area contributed by atoms with Crippen molar-refractivity contribution in [2.24, 2.45) is 28.7 Å². The van der Waals surface area contributed by atoms with Crippen molar-refractivity contribution in [2.45, 2.75) is 262 Å². The van der Waals surface area contributed by atoms with Crippen LogP contribution >= 0.6 is 0 Å². The second-order valence-corrected chi connectivity index (χ2v) is 19.1. The first-order chi connectivity index (χ1) is 33.0. The van der Waals surface area contributed by atoms with E-state index in [2.05, 4.69) is 33.5 Å². The molecule has 0 aliphatic carbocycles. The zero-order valence-electron chi connectivity index (χ0n) is 43.1. The predicted octanol–water partition coefficient (Wildman–Crippen LogP) is 6.43. The van der Waals surface area contributed by atoms with Gasteiger partial charge >= 0.3 is 0 Å². The van der Waals surface area contributed by atoms with E-state index in [1.807, 2.05) is 0 Å². The van der Waals surface area contributed by atoms with Crippen LogP contribution in [-0.2, 0) is 28.8 Å². The molecule has 398 valence electrons. The molecule has 0 spiro atoms. The summed E-state index contributed by atoms with van der Waals surface area (Å²) in [6, 6.07) is -2.96. The van der Waals surface area contributed by atoms with Gasteiger partial charge in [-0.1, -0.05) is 129 Å². The number of amides is 6. The Balaban J connectivity index is 4.60.